The Balaban J connectivity index is 4.04. The maximum Gasteiger partial charge on any atom is 0.472 e. The predicted octanol–water partition coefficient (Wildman–Crippen LogP) is 15.0. The summed E-state index contributed by atoms with van der Waals surface area (Å²) in [6.07, 6.45) is 55.3. The molecule has 0 aliphatic rings. The molecule has 1 amide bonds. The number of hydrogen-bond donors (Lipinski definition) is 3. The van der Waals surface area contributed by atoms with Gasteiger partial charge in [0.25, 0.3) is 0 Å². The van der Waals surface area contributed by atoms with Gasteiger partial charge in [0, 0.05) is 6.42 Å². The summed E-state index contributed by atoms with van der Waals surface area (Å²) < 4.78 is 23.6. The van der Waals surface area contributed by atoms with Gasteiger partial charge < -0.3 is 19.8 Å². The molecule has 360 valence electrons. The molecule has 0 spiro atoms. The van der Waals surface area contributed by atoms with E-state index < -0.39 is 20.0 Å². The van der Waals surface area contributed by atoms with E-state index in [1.807, 2.05) is 27.2 Å². The Labute approximate surface area is 378 Å². The van der Waals surface area contributed by atoms with Crippen molar-refractivity contribution in [3.8, 4) is 0 Å². The van der Waals surface area contributed by atoms with Gasteiger partial charge in [0.2, 0.25) is 5.91 Å². The molecule has 8 nitrogen and oxygen atoms in total. The summed E-state index contributed by atoms with van der Waals surface area (Å²) in [5.41, 5.74) is 0. The Morgan fingerprint density at radius 2 is 0.934 bits per heavy atom. The molecule has 0 radical (unpaired) electrons. The van der Waals surface area contributed by atoms with E-state index in [-0.39, 0.29) is 19.1 Å². The van der Waals surface area contributed by atoms with Crippen LogP contribution in [0.1, 0.15) is 239 Å². The number of carbonyl (C=O) groups is 1. The summed E-state index contributed by atoms with van der Waals surface area (Å²) in [5.74, 6) is -0.177. The number of rotatable bonds is 47. The number of phosphoric acid groups is 1. The standard InChI is InChI=1S/C52H101N2O6P/c1-6-8-10-12-14-16-18-19-20-21-22-23-24-25-26-27-28-29-30-31-32-33-34-35-36-38-40-42-44-46-52(56)53-50(49-60-61(57,58)59-48-47-54(3,4)5)51(55)45-43-41-39-37-17-15-13-11-9-7-2/h18-19,21-22,43,45,50-51,55H,6-17,20,23-42,44,46-49H2,1-5H3,(H-,53,56,57,58)/p+1/b19-18-,22-21-,45-43+. The number of quaternary nitrogens is 1. The fourth-order valence-electron chi connectivity index (χ4n) is 7.48. The molecule has 9 heteroatoms. The lowest BCUT2D eigenvalue weighted by Crippen LogP contribution is -2.45. The third-order valence-corrected chi connectivity index (χ3v) is 12.6. The Hall–Kier alpha value is -1.28. The maximum absolute atomic E-state index is 12.9. The van der Waals surface area contributed by atoms with Crippen LogP contribution in [0.15, 0.2) is 36.5 Å². The molecular formula is C52H102N2O6P+. The van der Waals surface area contributed by atoms with Crippen LogP contribution < -0.4 is 5.32 Å². The number of amides is 1. The van der Waals surface area contributed by atoms with E-state index in [4.69, 9.17) is 9.05 Å². The van der Waals surface area contributed by atoms with Crippen LogP contribution in [0, 0.1) is 0 Å². The third-order valence-electron chi connectivity index (χ3n) is 11.6. The van der Waals surface area contributed by atoms with Crippen LogP contribution in [0.3, 0.4) is 0 Å². The Kier molecular flexibility index (Phi) is 43.0. The fourth-order valence-corrected chi connectivity index (χ4v) is 8.22. The monoisotopic (exact) mass is 882 g/mol. The molecule has 3 N–H and O–H groups in total. The van der Waals surface area contributed by atoms with Crippen molar-refractivity contribution in [1.29, 1.82) is 0 Å². The second kappa shape index (κ2) is 43.9. The molecule has 3 atom stereocenters. The summed E-state index contributed by atoms with van der Waals surface area (Å²) in [7, 11) is 1.58. The molecule has 0 saturated carbocycles. The van der Waals surface area contributed by atoms with E-state index in [2.05, 4.69) is 43.5 Å². The van der Waals surface area contributed by atoms with E-state index in [1.54, 1.807) is 6.08 Å². The van der Waals surface area contributed by atoms with Gasteiger partial charge in [0.05, 0.1) is 39.9 Å². The zero-order valence-corrected chi connectivity index (χ0v) is 41.8. The lowest BCUT2D eigenvalue weighted by atomic mass is 10.0. The zero-order chi connectivity index (χ0) is 45.0. The number of phosphoric ester groups is 1. The number of carbonyl (C=O) groups excluding carboxylic acids is 1. The minimum atomic E-state index is -4.33. The second-order valence-corrected chi connectivity index (χ2v) is 20.4. The minimum Gasteiger partial charge on any atom is -0.387 e. The first kappa shape index (κ1) is 59.7. The third kappa shape index (κ3) is 46.5. The fraction of sp³-hybridized carbons (Fsp3) is 0.865. The first-order valence-corrected chi connectivity index (χ1v) is 27.4. The van der Waals surface area contributed by atoms with Crippen LogP contribution in [-0.2, 0) is 18.4 Å². The lowest BCUT2D eigenvalue weighted by molar-refractivity contribution is -0.870. The topological polar surface area (TPSA) is 105 Å². The van der Waals surface area contributed by atoms with Crippen molar-refractivity contribution in [1.82, 2.24) is 5.32 Å². The van der Waals surface area contributed by atoms with Gasteiger partial charge in [0.1, 0.15) is 13.2 Å². The molecule has 0 saturated heterocycles. The van der Waals surface area contributed by atoms with Gasteiger partial charge in [-0.25, -0.2) is 4.57 Å². The van der Waals surface area contributed by atoms with Crippen molar-refractivity contribution in [2.45, 2.75) is 251 Å². The van der Waals surface area contributed by atoms with Crippen molar-refractivity contribution in [3.63, 3.8) is 0 Å². The van der Waals surface area contributed by atoms with Gasteiger partial charge in [-0.1, -0.05) is 217 Å². The van der Waals surface area contributed by atoms with Crippen molar-refractivity contribution in [3.05, 3.63) is 36.5 Å². The molecule has 0 heterocycles. The predicted molar refractivity (Wildman–Crippen MR) is 263 cm³/mol. The van der Waals surface area contributed by atoms with Gasteiger partial charge in [0.15, 0.2) is 0 Å². The number of likely N-dealkylation sites (N-methyl/N-ethyl adjacent to an activating group) is 1. The van der Waals surface area contributed by atoms with E-state index in [0.717, 1.165) is 44.9 Å². The maximum atomic E-state index is 12.9. The lowest BCUT2D eigenvalue weighted by Gasteiger charge is -2.25. The number of aliphatic hydroxyl groups is 1. The molecule has 0 aromatic heterocycles. The minimum absolute atomic E-state index is 0.0623. The van der Waals surface area contributed by atoms with Crippen LogP contribution in [0.4, 0.5) is 0 Å². The largest absolute Gasteiger partial charge is 0.472 e. The van der Waals surface area contributed by atoms with Gasteiger partial charge in [-0.2, -0.15) is 0 Å². The van der Waals surface area contributed by atoms with E-state index in [9.17, 15) is 19.4 Å². The number of nitrogens with one attached hydrogen (secondary N) is 1. The van der Waals surface area contributed by atoms with Gasteiger partial charge in [-0.05, 0) is 51.4 Å². The average molecular weight is 882 g/mol. The average Bonchev–Trinajstić information content (AvgIpc) is 3.21. The van der Waals surface area contributed by atoms with Crippen LogP contribution in [0.5, 0.6) is 0 Å². The number of allylic oxidation sites excluding steroid dienone is 5. The van der Waals surface area contributed by atoms with Crippen molar-refractivity contribution in [2.24, 2.45) is 0 Å². The van der Waals surface area contributed by atoms with Crippen molar-refractivity contribution < 1.29 is 32.9 Å². The SMILES string of the molecule is CCCCCCC/C=C\C/C=C\CCCCCCCCCCCCCCCCCCCC(=O)NC(COP(=O)(O)OCC[N+](C)(C)C)C(O)/C=C/CCCCCCCCCC. The highest BCUT2D eigenvalue weighted by atomic mass is 31.2. The van der Waals surface area contributed by atoms with Crippen molar-refractivity contribution >= 4 is 13.7 Å². The van der Waals surface area contributed by atoms with E-state index >= 15 is 0 Å². The quantitative estimate of drug-likeness (QED) is 0.0243. The van der Waals surface area contributed by atoms with Crippen LogP contribution >= 0.6 is 7.82 Å². The van der Waals surface area contributed by atoms with Crippen LogP contribution in [-0.4, -0.2) is 73.4 Å². The van der Waals surface area contributed by atoms with Gasteiger partial charge in [-0.3, -0.25) is 13.8 Å². The highest BCUT2D eigenvalue weighted by molar-refractivity contribution is 7.47. The highest BCUT2D eigenvalue weighted by Crippen LogP contribution is 2.43. The molecule has 3 unspecified atom stereocenters. The molecule has 61 heavy (non-hydrogen) atoms. The molecule has 0 rings (SSSR count). The first-order valence-electron chi connectivity index (χ1n) is 25.9. The summed E-state index contributed by atoms with van der Waals surface area (Å²) in [4.78, 5) is 23.1. The molecule has 0 aromatic rings. The van der Waals surface area contributed by atoms with Crippen LogP contribution in [0.25, 0.3) is 0 Å². The molecule has 0 aromatic carbocycles. The Morgan fingerprint density at radius 1 is 0.557 bits per heavy atom. The normalized spacial score (nSPS) is 14.4. The summed E-state index contributed by atoms with van der Waals surface area (Å²) in [6, 6.07) is -0.843. The number of unbranched alkanes of at least 4 members (excludes halogenated alkanes) is 30. The van der Waals surface area contributed by atoms with Gasteiger partial charge in [-0.15, -0.1) is 0 Å². The number of aliphatic hydroxyl groups excluding tert-OH is 1. The molecular weight excluding hydrogens is 780 g/mol. The number of hydrogen-bond acceptors (Lipinski definition) is 5. The first-order chi connectivity index (χ1) is 29.5. The molecule has 0 bridgehead atoms. The summed E-state index contributed by atoms with van der Waals surface area (Å²) >= 11 is 0. The smallest absolute Gasteiger partial charge is 0.387 e. The second-order valence-electron chi connectivity index (χ2n) is 18.9. The van der Waals surface area contributed by atoms with Gasteiger partial charge >= 0.3 is 7.82 Å². The number of nitrogens with zero attached hydrogens (tertiary/aromatic N) is 1. The van der Waals surface area contributed by atoms with E-state index in [0.29, 0.717) is 17.4 Å². The summed E-state index contributed by atoms with van der Waals surface area (Å²) in [6.45, 7) is 4.79. The Morgan fingerprint density at radius 3 is 1.34 bits per heavy atom. The highest BCUT2D eigenvalue weighted by Gasteiger charge is 2.27. The van der Waals surface area contributed by atoms with E-state index in [1.165, 1.54) is 173 Å². The van der Waals surface area contributed by atoms with Crippen molar-refractivity contribution in [2.75, 3.05) is 40.9 Å². The molecule has 0 fully saturated rings. The summed E-state index contributed by atoms with van der Waals surface area (Å²) in [5, 5.41) is 13.8. The van der Waals surface area contributed by atoms with Crippen LogP contribution in [0.2, 0.25) is 0 Å². The Bertz CT molecular complexity index is 1090. The molecule has 0 aliphatic carbocycles. The molecule has 0 aliphatic heterocycles. The zero-order valence-electron chi connectivity index (χ0n) is 40.9.